The Hall–Kier alpha value is -4.38. The maximum absolute atomic E-state index is 13.4. The molecule has 11 heteroatoms. The van der Waals surface area contributed by atoms with Gasteiger partial charge in [0.1, 0.15) is 16.7 Å². The van der Waals surface area contributed by atoms with Crippen LogP contribution in [0.1, 0.15) is 43.2 Å². The first-order chi connectivity index (χ1) is 18.5. The zero-order valence-electron chi connectivity index (χ0n) is 21.0. The number of pyridine rings is 3. The molecule has 0 radical (unpaired) electrons. The lowest BCUT2D eigenvalue weighted by Gasteiger charge is -2.34. The first-order valence-electron chi connectivity index (χ1n) is 12.7. The van der Waals surface area contributed by atoms with Crippen LogP contribution in [-0.2, 0) is 7.05 Å². The van der Waals surface area contributed by atoms with Gasteiger partial charge < -0.3 is 29.0 Å². The lowest BCUT2D eigenvalue weighted by Crippen LogP contribution is -2.39. The van der Waals surface area contributed by atoms with E-state index < -0.39 is 6.10 Å². The fourth-order valence-corrected chi connectivity index (χ4v) is 5.12. The van der Waals surface area contributed by atoms with E-state index in [0.717, 1.165) is 30.3 Å². The van der Waals surface area contributed by atoms with Gasteiger partial charge in [0.05, 0.1) is 31.6 Å². The number of anilines is 2. The molecule has 2 atom stereocenters. The Balaban J connectivity index is 1.28. The van der Waals surface area contributed by atoms with Crippen molar-refractivity contribution in [2.45, 2.75) is 43.7 Å². The number of hydrogen-bond donors (Lipinski definition) is 2. The summed E-state index contributed by atoms with van der Waals surface area (Å²) in [4.78, 5) is 22.6. The number of aliphatic hydroxyl groups excluding tert-OH is 1. The van der Waals surface area contributed by atoms with Crippen LogP contribution in [-0.4, -0.2) is 47.0 Å². The van der Waals surface area contributed by atoms with Gasteiger partial charge in [-0.25, -0.2) is 9.50 Å². The Morgan fingerprint density at radius 2 is 2.00 bits per heavy atom. The molecule has 0 spiro atoms. The molecule has 5 aromatic rings. The molecule has 2 aliphatic rings. The van der Waals surface area contributed by atoms with Gasteiger partial charge in [0.2, 0.25) is 5.95 Å². The predicted molar refractivity (Wildman–Crippen MR) is 141 cm³/mol. The molecular weight excluding hydrogens is 486 g/mol. The second-order valence-electron chi connectivity index (χ2n) is 9.97. The van der Waals surface area contributed by atoms with Gasteiger partial charge in [-0.2, -0.15) is 10.1 Å². The summed E-state index contributed by atoms with van der Waals surface area (Å²) in [7, 11) is 3.40. The van der Waals surface area contributed by atoms with E-state index in [4.69, 9.17) is 9.47 Å². The fourth-order valence-electron chi connectivity index (χ4n) is 5.12. The van der Waals surface area contributed by atoms with Gasteiger partial charge in [0.25, 0.3) is 5.56 Å². The summed E-state index contributed by atoms with van der Waals surface area (Å²) in [6.07, 6.45) is 10.2. The van der Waals surface area contributed by atoms with Crippen LogP contribution in [0.25, 0.3) is 16.7 Å². The van der Waals surface area contributed by atoms with Crippen LogP contribution in [0.5, 0.6) is 17.2 Å². The van der Waals surface area contributed by atoms with Crippen LogP contribution in [0.3, 0.4) is 0 Å². The van der Waals surface area contributed by atoms with Crippen molar-refractivity contribution in [3.8, 4) is 17.2 Å². The molecule has 0 saturated heterocycles. The van der Waals surface area contributed by atoms with Gasteiger partial charge in [-0.15, -0.1) is 0 Å². The summed E-state index contributed by atoms with van der Waals surface area (Å²) in [6, 6.07) is 7.44. The third-order valence-electron chi connectivity index (χ3n) is 7.55. The first-order valence-corrected chi connectivity index (χ1v) is 12.7. The van der Waals surface area contributed by atoms with Crippen molar-refractivity contribution in [3.63, 3.8) is 0 Å². The molecule has 2 fully saturated rings. The molecule has 2 N–H and O–H groups in total. The molecule has 7 rings (SSSR count). The third kappa shape index (κ3) is 3.61. The van der Waals surface area contributed by atoms with E-state index in [9.17, 15) is 9.90 Å². The number of aryl methyl sites for hydroxylation is 1. The maximum Gasteiger partial charge on any atom is 0.274 e. The lowest BCUT2D eigenvalue weighted by atomic mass is 9.88. The number of methoxy groups -OCH3 is 1. The average molecular weight is 514 g/mol. The van der Waals surface area contributed by atoms with Gasteiger partial charge in [-0.3, -0.25) is 4.79 Å². The zero-order valence-corrected chi connectivity index (χ0v) is 21.0. The van der Waals surface area contributed by atoms with Crippen LogP contribution < -0.4 is 20.3 Å². The SMILES string of the molecule is COc1c(Oc2cnn3ccccc23)cnc2nc(Nc3cc(C4CC4)cn(C4CC[C@@H]4O)c3=O)n(C)c12. The van der Waals surface area contributed by atoms with Gasteiger partial charge in [-0.1, -0.05) is 6.07 Å². The Morgan fingerprint density at radius 1 is 1.13 bits per heavy atom. The number of aliphatic hydroxyl groups is 1. The van der Waals surface area contributed by atoms with Crippen molar-refractivity contribution in [2.75, 3.05) is 12.4 Å². The van der Waals surface area contributed by atoms with E-state index in [1.807, 2.05) is 43.7 Å². The minimum Gasteiger partial charge on any atom is -0.491 e. The van der Waals surface area contributed by atoms with Crippen molar-refractivity contribution in [1.29, 1.82) is 0 Å². The topological polar surface area (TPSA) is 121 Å². The molecule has 0 aliphatic heterocycles. The number of fused-ring (bicyclic) bond motifs is 2. The minimum absolute atomic E-state index is 0.178. The van der Waals surface area contributed by atoms with Crippen molar-refractivity contribution in [2.24, 2.45) is 7.05 Å². The summed E-state index contributed by atoms with van der Waals surface area (Å²) >= 11 is 0. The molecule has 5 aromatic heterocycles. The highest BCUT2D eigenvalue weighted by molar-refractivity contribution is 5.85. The highest BCUT2D eigenvalue weighted by Crippen LogP contribution is 2.42. The van der Waals surface area contributed by atoms with Crippen molar-refractivity contribution < 1.29 is 14.6 Å². The molecule has 5 heterocycles. The zero-order chi connectivity index (χ0) is 26.0. The molecule has 2 saturated carbocycles. The molecule has 194 valence electrons. The Bertz CT molecular complexity index is 1750. The van der Waals surface area contributed by atoms with Crippen LogP contribution >= 0.6 is 0 Å². The van der Waals surface area contributed by atoms with E-state index in [0.29, 0.717) is 52.4 Å². The van der Waals surface area contributed by atoms with Gasteiger partial charge in [-0.05, 0) is 55.4 Å². The summed E-state index contributed by atoms with van der Waals surface area (Å²) in [6.45, 7) is 0. The predicted octanol–water partition coefficient (Wildman–Crippen LogP) is 3.90. The van der Waals surface area contributed by atoms with E-state index in [-0.39, 0.29) is 11.6 Å². The standard InChI is InChI=1S/C27H27N7O4/c1-32-23-24(37-2)22(38-21-13-29-34-10-4-3-5-19(21)34)12-28-25(23)31-27(32)30-17-11-16(15-6-7-15)14-33(26(17)36)18-8-9-20(18)35/h3-5,10-15,18,20,35H,6-9H2,1-2H3,(H,28,30,31)/t18?,20-/m0/s1. The Kier molecular flexibility index (Phi) is 5.15. The molecule has 0 aromatic carbocycles. The number of rotatable bonds is 7. The highest BCUT2D eigenvalue weighted by atomic mass is 16.5. The number of ether oxygens (including phenoxy) is 2. The second kappa shape index (κ2) is 8.59. The number of hydrogen-bond acceptors (Lipinski definition) is 8. The van der Waals surface area contributed by atoms with Gasteiger partial charge in [0, 0.05) is 19.4 Å². The van der Waals surface area contributed by atoms with Crippen molar-refractivity contribution >= 4 is 28.3 Å². The van der Waals surface area contributed by atoms with Crippen molar-refractivity contribution in [1.82, 2.24) is 28.7 Å². The van der Waals surface area contributed by atoms with Gasteiger partial charge in [0.15, 0.2) is 22.9 Å². The van der Waals surface area contributed by atoms with Gasteiger partial charge >= 0.3 is 0 Å². The second-order valence-corrected chi connectivity index (χ2v) is 9.97. The smallest absolute Gasteiger partial charge is 0.274 e. The van der Waals surface area contributed by atoms with E-state index >= 15 is 0 Å². The number of nitrogens with zero attached hydrogens (tertiary/aromatic N) is 6. The maximum atomic E-state index is 13.4. The average Bonchev–Trinajstić information content (AvgIpc) is 3.63. The number of imidazole rings is 1. The minimum atomic E-state index is -0.495. The molecular formula is C27H27N7O4. The van der Waals surface area contributed by atoms with Crippen LogP contribution in [0.15, 0.2) is 53.8 Å². The van der Waals surface area contributed by atoms with E-state index in [1.165, 1.54) is 0 Å². The molecule has 0 amide bonds. The quantitative estimate of drug-likeness (QED) is 0.336. The van der Waals surface area contributed by atoms with E-state index in [1.54, 1.807) is 33.2 Å². The summed E-state index contributed by atoms with van der Waals surface area (Å²) in [5, 5.41) is 17.8. The fraction of sp³-hybridized carbons (Fsp3) is 0.333. The largest absolute Gasteiger partial charge is 0.491 e. The Labute approximate surface area is 217 Å². The highest BCUT2D eigenvalue weighted by Gasteiger charge is 2.33. The third-order valence-corrected chi connectivity index (χ3v) is 7.55. The number of aromatic nitrogens is 6. The van der Waals surface area contributed by atoms with Crippen LogP contribution in [0, 0.1) is 0 Å². The lowest BCUT2D eigenvalue weighted by molar-refractivity contribution is 0.0299. The summed E-state index contributed by atoms with van der Waals surface area (Å²) in [5.74, 6) is 2.35. The summed E-state index contributed by atoms with van der Waals surface area (Å²) in [5.41, 5.74) is 3.23. The molecule has 2 aliphatic carbocycles. The van der Waals surface area contributed by atoms with Crippen LogP contribution in [0.4, 0.5) is 11.6 Å². The van der Waals surface area contributed by atoms with Crippen molar-refractivity contribution in [3.05, 3.63) is 65.0 Å². The molecule has 1 unspecified atom stereocenters. The van der Waals surface area contributed by atoms with Crippen LogP contribution in [0.2, 0.25) is 0 Å². The number of nitrogens with one attached hydrogen (secondary N) is 1. The normalized spacial score (nSPS) is 19.0. The first kappa shape index (κ1) is 22.8. The Morgan fingerprint density at radius 3 is 2.74 bits per heavy atom. The molecule has 11 nitrogen and oxygen atoms in total. The molecule has 38 heavy (non-hydrogen) atoms. The molecule has 0 bridgehead atoms. The summed E-state index contributed by atoms with van der Waals surface area (Å²) < 4.78 is 17.1. The van der Waals surface area contributed by atoms with E-state index in [2.05, 4.69) is 20.4 Å². The monoisotopic (exact) mass is 513 g/mol.